The van der Waals surface area contributed by atoms with Crippen molar-refractivity contribution in [3.63, 3.8) is 0 Å². The van der Waals surface area contributed by atoms with Crippen molar-refractivity contribution in [1.82, 2.24) is 9.88 Å². The average Bonchev–Trinajstić information content (AvgIpc) is 2.94. The highest BCUT2D eigenvalue weighted by Gasteiger charge is 2.26. The number of methoxy groups -OCH3 is 1. The molecule has 3 aromatic rings. The van der Waals surface area contributed by atoms with E-state index in [-0.39, 0.29) is 5.91 Å². The highest BCUT2D eigenvalue weighted by molar-refractivity contribution is 7.21. The lowest BCUT2D eigenvalue weighted by atomic mass is 10.00. The van der Waals surface area contributed by atoms with Crippen LogP contribution in [0.5, 0.6) is 5.75 Å². The molecule has 2 N–H and O–H groups in total. The summed E-state index contributed by atoms with van der Waals surface area (Å²) in [6.07, 6.45) is 2.24. The van der Waals surface area contributed by atoms with E-state index in [9.17, 15) is 4.79 Å². The minimum absolute atomic E-state index is 0.0358. The second-order valence-corrected chi connectivity index (χ2v) is 7.74. The van der Waals surface area contributed by atoms with Gasteiger partial charge in [0, 0.05) is 23.9 Å². The number of carbonyl (C=O) groups is 1. The number of amides is 1. The van der Waals surface area contributed by atoms with Crippen molar-refractivity contribution in [2.45, 2.75) is 19.8 Å². The van der Waals surface area contributed by atoms with Gasteiger partial charge in [-0.3, -0.25) is 4.79 Å². The van der Waals surface area contributed by atoms with Crippen LogP contribution in [-0.4, -0.2) is 36.0 Å². The van der Waals surface area contributed by atoms with E-state index in [4.69, 9.17) is 10.5 Å². The fourth-order valence-corrected chi connectivity index (χ4v) is 4.54. The summed E-state index contributed by atoms with van der Waals surface area (Å²) in [5.41, 5.74) is 7.75. The second-order valence-electron chi connectivity index (χ2n) is 6.74. The molecule has 0 bridgehead atoms. The Morgan fingerprint density at radius 3 is 3.00 bits per heavy atom. The Labute approximate surface area is 150 Å². The predicted octanol–water partition coefficient (Wildman–Crippen LogP) is 3.91. The van der Waals surface area contributed by atoms with Gasteiger partial charge in [0.05, 0.1) is 18.3 Å². The molecule has 25 heavy (non-hydrogen) atoms. The average molecular weight is 355 g/mol. The summed E-state index contributed by atoms with van der Waals surface area (Å²) < 4.78 is 5.28. The van der Waals surface area contributed by atoms with Crippen LogP contribution in [0.4, 0.5) is 5.69 Å². The number of nitrogens with two attached hydrogens (primary N) is 1. The zero-order chi connectivity index (χ0) is 17.6. The molecule has 2 aromatic heterocycles. The molecule has 4 rings (SSSR count). The number of rotatable bonds is 2. The number of pyridine rings is 1. The Kier molecular flexibility index (Phi) is 4.00. The third-order valence-corrected chi connectivity index (χ3v) is 5.96. The minimum Gasteiger partial charge on any atom is -0.497 e. The summed E-state index contributed by atoms with van der Waals surface area (Å²) in [6, 6.07) is 7.75. The zero-order valence-electron chi connectivity index (χ0n) is 14.4. The molecule has 130 valence electrons. The van der Waals surface area contributed by atoms with Crippen LogP contribution in [0.3, 0.4) is 0 Å². The van der Waals surface area contributed by atoms with E-state index in [1.165, 1.54) is 17.8 Å². The maximum absolute atomic E-state index is 12.9. The van der Waals surface area contributed by atoms with Gasteiger partial charge in [0.2, 0.25) is 0 Å². The molecule has 0 unspecified atom stereocenters. The van der Waals surface area contributed by atoms with Crippen molar-refractivity contribution >= 4 is 44.1 Å². The Morgan fingerprint density at radius 1 is 1.40 bits per heavy atom. The number of benzene rings is 1. The third-order valence-electron chi connectivity index (χ3n) is 4.86. The molecule has 3 heterocycles. The first-order valence-electron chi connectivity index (χ1n) is 8.53. The van der Waals surface area contributed by atoms with Crippen molar-refractivity contribution in [3.05, 3.63) is 29.1 Å². The lowest BCUT2D eigenvalue weighted by Crippen LogP contribution is -2.38. The quantitative estimate of drug-likeness (QED) is 0.757. The molecule has 5 nitrogen and oxygen atoms in total. The molecule has 1 amide bonds. The summed E-state index contributed by atoms with van der Waals surface area (Å²) in [7, 11) is 1.64. The molecule has 1 fully saturated rings. The van der Waals surface area contributed by atoms with Gasteiger partial charge in [-0.1, -0.05) is 6.92 Å². The predicted molar refractivity (Wildman–Crippen MR) is 102 cm³/mol. The van der Waals surface area contributed by atoms with Crippen molar-refractivity contribution in [2.24, 2.45) is 5.92 Å². The van der Waals surface area contributed by atoms with Gasteiger partial charge in [-0.15, -0.1) is 11.3 Å². The van der Waals surface area contributed by atoms with Crippen molar-refractivity contribution in [2.75, 3.05) is 25.9 Å². The van der Waals surface area contributed by atoms with Crippen LogP contribution < -0.4 is 10.5 Å². The van der Waals surface area contributed by atoms with Gasteiger partial charge in [0.15, 0.2) is 0 Å². The van der Waals surface area contributed by atoms with Crippen LogP contribution in [-0.2, 0) is 0 Å². The van der Waals surface area contributed by atoms with Gasteiger partial charge in [-0.2, -0.15) is 0 Å². The number of piperidine rings is 1. The lowest BCUT2D eigenvalue weighted by Gasteiger charge is -2.30. The molecule has 1 aliphatic heterocycles. The molecule has 1 atom stereocenters. The number of carbonyl (C=O) groups excluding carboxylic acids is 1. The molecule has 0 aliphatic carbocycles. The van der Waals surface area contributed by atoms with Gasteiger partial charge in [0.1, 0.15) is 15.5 Å². The summed E-state index contributed by atoms with van der Waals surface area (Å²) in [6.45, 7) is 3.80. The first kappa shape index (κ1) is 16.1. The Balaban J connectivity index is 1.78. The number of ether oxygens (including phenoxy) is 1. The smallest absolute Gasteiger partial charge is 0.266 e. The SMILES string of the molecule is COc1ccc2nc3sc(C(=O)N4CCC[C@H](C)C4)c(N)c3cc2c1. The van der Waals surface area contributed by atoms with E-state index in [0.29, 0.717) is 16.5 Å². The molecule has 6 heteroatoms. The topological polar surface area (TPSA) is 68.5 Å². The van der Waals surface area contributed by atoms with Gasteiger partial charge >= 0.3 is 0 Å². The number of nitrogens with zero attached hydrogens (tertiary/aromatic N) is 2. The van der Waals surface area contributed by atoms with Gasteiger partial charge < -0.3 is 15.4 Å². The standard InChI is InChI=1S/C19H21N3O2S/c1-11-4-3-7-22(10-11)19(23)17-16(20)14-9-12-8-13(24-2)5-6-15(12)21-18(14)25-17/h5-6,8-9,11H,3-4,7,10,20H2,1-2H3/t11-/m0/s1. The highest BCUT2D eigenvalue weighted by Crippen LogP contribution is 2.36. The number of likely N-dealkylation sites (tertiary alicyclic amines) is 1. The number of aromatic nitrogens is 1. The van der Waals surface area contributed by atoms with Crippen LogP contribution in [0, 0.1) is 5.92 Å². The summed E-state index contributed by atoms with van der Waals surface area (Å²) in [5, 5.41) is 1.81. The second kappa shape index (κ2) is 6.19. The number of anilines is 1. The van der Waals surface area contributed by atoms with Crippen LogP contribution in [0.1, 0.15) is 29.4 Å². The monoisotopic (exact) mass is 355 g/mol. The van der Waals surface area contributed by atoms with Crippen LogP contribution >= 0.6 is 11.3 Å². The van der Waals surface area contributed by atoms with Crippen molar-refractivity contribution in [3.8, 4) is 5.75 Å². The molecular weight excluding hydrogens is 334 g/mol. The van der Waals surface area contributed by atoms with E-state index in [2.05, 4.69) is 11.9 Å². The third kappa shape index (κ3) is 2.80. The first-order chi connectivity index (χ1) is 12.1. The highest BCUT2D eigenvalue weighted by atomic mass is 32.1. The molecule has 1 aliphatic rings. The number of hydrogen-bond acceptors (Lipinski definition) is 5. The van der Waals surface area contributed by atoms with Crippen LogP contribution in [0.2, 0.25) is 0 Å². The first-order valence-corrected chi connectivity index (χ1v) is 9.34. The Bertz CT molecular complexity index is 966. The molecular formula is C19H21N3O2S. The van der Waals surface area contributed by atoms with Crippen LogP contribution in [0.25, 0.3) is 21.1 Å². The van der Waals surface area contributed by atoms with E-state index in [0.717, 1.165) is 46.4 Å². The van der Waals surface area contributed by atoms with Gasteiger partial charge in [-0.05, 0) is 43.0 Å². The van der Waals surface area contributed by atoms with Gasteiger partial charge in [0.25, 0.3) is 5.91 Å². The Hall–Kier alpha value is -2.34. The molecule has 1 saturated heterocycles. The van der Waals surface area contributed by atoms with Crippen LogP contribution in [0.15, 0.2) is 24.3 Å². The zero-order valence-corrected chi connectivity index (χ0v) is 15.2. The fraction of sp³-hybridized carbons (Fsp3) is 0.368. The Morgan fingerprint density at radius 2 is 2.24 bits per heavy atom. The summed E-state index contributed by atoms with van der Waals surface area (Å²) in [4.78, 5) is 21.0. The van der Waals surface area contributed by atoms with Crippen molar-refractivity contribution in [1.29, 1.82) is 0 Å². The van der Waals surface area contributed by atoms with Gasteiger partial charge in [-0.25, -0.2) is 4.98 Å². The number of fused-ring (bicyclic) bond motifs is 2. The maximum atomic E-state index is 12.9. The molecule has 0 spiro atoms. The van der Waals surface area contributed by atoms with E-state index in [1.54, 1.807) is 7.11 Å². The maximum Gasteiger partial charge on any atom is 0.266 e. The molecule has 1 aromatic carbocycles. The summed E-state index contributed by atoms with van der Waals surface area (Å²) in [5.74, 6) is 1.36. The lowest BCUT2D eigenvalue weighted by molar-refractivity contribution is 0.0689. The van der Waals surface area contributed by atoms with E-state index in [1.807, 2.05) is 29.2 Å². The molecule has 0 radical (unpaired) electrons. The summed E-state index contributed by atoms with van der Waals surface area (Å²) >= 11 is 1.39. The van der Waals surface area contributed by atoms with Crippen molar-refractivity contribution < 1.29 is 9.53 Å². The minimum atomic E-state index is 0.0358. The normalized spacial score (nSPS) is 18.0. The number of nitrogen functional groups attached to an aromatic ring is 1. The van der Waals surface area contributed by atoms with E-state index >= 15 is 0 Å². The fourth-order valence-electron chi connectivity index (χ4n) is 3.48. The molecule has 0 saturated carbocycles. The number of thiophene rings is 1. The largest absolute Gasteiger partial charge is 0.497 e. The number of hydrogen-bond donors (Lipinski definition) is 1. The van der Waals surface area contributed by atoms with E-state index < -0.39 is 0 Å².